The minimum absolute atomic E-state index is 0.579. The summed E-state index contributed by atoms with van der Waals surface area (Å²) in [6, 6.07) is 5.65. The molecule has 0 aromatic heterocycles. The first-order chi connectivity index (χ1) is 5.69. The molecule has 0 aliphatic heterocycles. The van der Waals surface area contributed by atoms with Crippen LogP contribution in [0.5, 0.6) is 5.75 Å². The molecule has 0 aliphatic carbocycles. The van der Waals surface area contributed by atoms with Gasteiger partial charge in [0, 0.05) is 4.90 Å². The Morgan fingerprint density at radius 2 is 2.17 bits per heavy atom. The largest absolute Gasteiger partial charge is 0.495 e. The van der Waals surface area contributed by atoms with Crippen molar-refractivity contribution in [1.29, 1.82) is 5.26 Å². The molecule has 2 nitrogen and oxygen atoms in total. The van der Waals surface area contributed by atoms with E-state index in [1.807, 2.05) is 13.0 Å². The summed E-state index contributed by atoms with van der Waals surface area (Å²) in [5.41, 5.74) is 1.47. The second kappa shape index (κ2) is 3.51. The Balaban J connectivity index is 3.36. The Labute approximate surface area is 77.2 Å². The van der Waals surface area contributed by atoms with E-state index in [9.17, 15) is 0 Å². The number of rotatable bonds is 1. The van der Waals surface area contributed by atoms with E-state index in [0.29, 0.717) is 11.3 Å². The minimum atomic E-state index is 0.579. The van der Waals surface area contributed by atoms with Gasteiger partial charge in [-0.2, -0.15) is 5.26 Å². The van der Waals surface area contributed by atoms with E-state index in [-0.39, 0.29) is 0 Å². The average Bonchev–Trinajstić information content (AvgIpc) is 2.03. The van der Waals surface area contributed by atoms with Crippen molar-refractivity contribution in [2.45, 2.75) is 11.8 Å². The van der Waals surface area contributed by atoms with Gasteiger partial charge in [0.05, 0.1) is 12.7 Å². The zero-order chi connectivity index (χ0) is 9.14. The normalized spacial score (nSPS) is 9.17. The van der Waals surface area contributed by atoms with Gasteiger partial charge >= 0.3 is 0 Å². The van der Waals surface area contributed by atoms with Gasteiger partial charge in [0.15, 0.2) is 0 Å². The first-order valence-corrected chi connectivity index (χ1v) is 3.91. The first-order valence-electron chi connectivity index (χ1n) is 3.46. The van der Waals surface area contributed by atoms with E-state index in [1.54, 1.807) is 13.2 Å². The van der Waals surface area contributed by atoms with Crippen molar-refractivity contribution in [3.8, 4) is 11.8 Å². The van der Waals surface area contributed by atoms with Crippen LogP contribution in [0.1, 0.15) is 11.1 Å². The SMILES string of the molecule is COc1cc(S)cc(C)c1C#N. The summed E-state index contributed by atoms with van der Waals surface area (Å²) in [6.45, 7) is 1.86. The van der Waals surface area contributed by atoms with Crippen molar-refractivity contribution in [3.63, 3.8) is 0 Å². The molecule has 0 spiro atoms. The third-order valence-corrected chi connectivity index (χ3v) is 1.87. The van der Waals surface area contributed by atoms with Crippen LogP contribution in [0, 0.1) is 18.3 Å². The van der Waals surface area contributed by atoms with E-state index in [1.165, 1.54) is 0 Å². The van der Waals surface area contributed by atoms with Crippen molar-refractivity contribution < 1.29 is 4.74 Å². The van der Waals surface area contributed by atoms with Crippen molar-refractivity contribution in [3.05, 3.63) is 23.3 Å². The number of hydrogen-bond donors (Lipinski definition) is 1. The van der Waals surface area contributed by atoms with E-state index in [0.717, 1.165) is 10.5 Å². The van der Waals surface area contributed by atoms with Crippen LogP contribution < -0.4 is 4.74 Å². The van der Waals surface area contributed by atoms with Crippen LogP contribution in [0.3, 0.4) is 0 Å². The van der Waals surface area contributed by atoms with E-state index in [2.05, 4.69) is 18.7 Å². The predicted octanol–water partition coefficient (Wildman–Crippen LogP) is 2.16. The fourth-order valence-electron chi connectivity index (χ4n) is 1.04. The molecule has 0 saturated heterocycles. The molecule has 12 heavy (non-hydrogen) atoms. The summed E-state index contributed by atoms with van der Waals surface area (Å²) in [7, 11) is 1.54. The van der Waals surface area contributed by atoms with Gasteiger partial charge in [0.25, 0.3) is 0 Å². The van der Waals surface area contributed by atoms with E-state index < -0.39 is 0 Å². The van der Waals surface area contributed by atoms with Gasteiger partial charge in [-0.1, -0.05) is 0 Å². The van der Waals surface area contributed by atoms with Crippen molar-refractivity contribution in [2.75, 3.05) is 7.11 Å². The third-order valence-electron chi connectivity index (χ3n) is 1.62. The van der Waals surface area contributed by atoms with Gasteiger partial charge in [0.1, 0.15) is 11.8 Å². The lowest BCUT2D eigenvalue weighted by atomic mass is 10.1. The van der Waals surface area contributed by atoms with Gasteiger partial charge < -0.3 is 4.74 Å². The topological polar surface area (TPSA) is 33.0 Å². The lowest BCUT2D eigenvalue weighted by Gasteiger charge is -2.05. The summed E-state index contributed by atoms with van der Waals surface area (Å²) in [4.78, 5) is 0.809. The third kappa shape index (κ3) is 1.54. The minimum Gasteiger partial charge on any atom is -0.495 e. The molecule has 0 bridgehead atoms. The molecule has 0 heterocycles. The van der Waals surface area contributed by atoms with Crippen LogP contribution in [0.25, 0.3) is 0 Å². The molecule has 1 rings (SSSR count). The maximum atomic E-state index is 8.77. The molecule has 0 fully saturated rings. The van der Waals surface area contributed by atoms with Gasteiger partial charge in [-0.3, -0.25) is 0 Å². The fraction of sp³-hybridized carbons (Fsp3) is 0.222. The van der Waals surface area contributed by atoms with Crippen LogP contribution in [0.2, 0.25) is 0 Å². The Kier molecular flexibility index (Phi) is 2.61. The average molecular weight is 179 g/mol. The van der Waals surface area contributed by atoms with Crippen LogP contribution >= 0.6 is 12.6 Å². The molecule has 0 saturated carbocycles. The molecule has 0 atom stereocenters. The Morgan fingerprint density at radius 1 is 1.50 bits per heavy atom. The molecular weight excluding hydrogens is 170 g/mol. The lowest BCUT2D eigenvalue weighted by Crippen LogP contribution is -1.90. The molecule has 0 unspecified atom stereocenters. The van der Waals surface area contributed by atoms with Crippen LogP contribution in [0.15, 0.2) is 17.0 Å². The predicted molar refractivity (Wildman–Crippen MR) is 49.7 cm³/mol. The van der Waals surface area contributed by atoms with Gasteiger partial charge in [0.2, 0.25) is 0 Å². The highest BCUT2D eigenvalue weighted by Gasteiger charge is 2.05. The first kappa shape index (κ1) is 8.95. The highest BCUT2D eigenvalue weighted by atomic mass is 32.1. The maximum Gasteiger partial charge on any atom is 0.137 e. The number of methoxy groups -OCH3 is 1. The van der Waals surface area contributed by atoms with Gasteiger partial charge in [-0.25, -0.2) is 0 Å². The molecule has 1 aromatic rings. The zero-order valence-electron chi connectivity index (χ0n) is 6.96. The zero-order valence-corrected chi connectivity index (χ0v) is 7.85. The number of benzene rings is 1. The number of ether oxygens (including phenoxy) is 1. The van der Waals surface area contributed by atoms with Crippen LogP contribution in [-0.4, -0.2) is 7.11 Å². The highest BCUT2D eigenvalue weighted by molar-refractivity contribution is 7.80. The molecule has 3 heteroatoms. The smallest absolute Gasteiger partial charge is 0.137 e. The molecule has 0 aliphatic rings. The quantitative estimate of drug-likeness (QED) is 0.670. The Bertz CT molecular complexity index is 341. The summed E-state index contributed by atoms with van der Waals surface area (Å²) in [6.07, 6.45) is 0. The second-order valence-corrected chi connectivity index (χ2v) is 2.97. The van der Waals surface area contributed by atoms with Crippen molar-refractivity contribution in [2.24, 2.45) is 0 Å². The fourth-order valence-corrected chi connectivity index (χ4v) is 1.35. The van der Waals surface area contributed by atoms with Crippen molar-refractivity contribution >= 4 is 12.6 Å². The molecule has 62 valence electrons. The Morgan fingerprint density at radius 3 is 2.67 bits per heavy atom. The number of nitriles is 1. The summed E-state index contributed by atoms with van der Waals surface area (Å²) >= 11 is 4.17. The Hall–Kier alpha value is -1.14. The number of hydrogen-bond acceptors (Lipinski definition) is 3. The molecule has 0 N–H and O–H groups in total. The standard InChI is InChI=1S/C9H9NOS/c1-6-3-7(12)4-9(11-2)8(6)5-10/h3-4,12H,1-2H3. The van der Waals surface area contributed by atoms with E-state index in [4.69, 9.17) is 10.00 Å². The maximum absolute atomic E-state index is 8.77. The number of thiol groups is 1. The summed E-state index contributed by atoms with van der Waals surface area (Å²) in [5, 5.41) is 8.77. The number of aryl methyl sites for hydroxylation is 1. The lowest BCUT2D eigenvalue weighted by molar-refractivity contribution is 0.412. The summed E-state index contributed by atoms with van der Waals surface area (Å²) in [5.74, 6) is 0.586. The summed E-state index contributed by atoms with van der Waals surface area (Å²) < 4.78 is 5.03. The van der Waals surface area contributed by atoms with E-state index >= 15 is 0 Å². The highest BCUT2D eigenvalue weighted by Crippen LogP contribution is 2.24. The second-order valence-electron chi connectivity index (χ2n) is 2.45. The number of nitrogens with zero attached hydrogens (tertiary/aromatic N) is 1. The monoisotopic (exact) mass is 179 g/mol. The van der Waals surface area contributed by atoms with Gasteiger partial charge in [-0.05, 0) is 24.6 Å². The molecule has 0 amide bonds. The van der Waals surface area contributed by atoms with Crippen LogP contribution in [0.4, 0.5) is 0 Å². The molecule has 1 aromatic carbocycles. The van der Waals surface area contributed by atoms with Gasteiger partial charge in [-0.15, -0.1) is 12.6 Å². The van der Waals surface area contributed by atoms with Crippen LogP contribution in [-0.2, 0) is 0 Å². The molecule has 0 radical (unpaired) electrons. The molecular formula is C9H9NOS. The van der Waals surface area contributed by atoms with Crippen molar-refractivity contribution in [1.82, 2.24) is 0 Å².